The first-order chi connectivity index (χ1) is 22.7. The maximum Gasteiger partial charge on any atom is 0.490 e. The third-order valence-electron chi connectivity index (χ3n) is 6.79. The van der Waals surface area contributed by atoms with E-state index >= 15 is 0 Å². The number of methoxy groups -OCH3 is 1. The van der Waals surface area contributed by atoms with Gasteiger partial charge in [-0.15, -0.1) is 0 Å². The molecule has 7 N–H and O–H groups in total. The number of nitrogens with two attached hydrogens (primary N) is 2. The summed E-state index contributed by atoms with van der Waals surface area (Å²) < 4.78 is 43.4. The summed E-state index contributed by atoms with van der Waals surface area (Å²) in [7, 11) is 1.52. The van der Waals surface area contributed by atoms with Crippen LogP contribution >= 0.6 is 0 Å². The number of carbonyl (C=O) groups is 3. The summed E-state index contributed by atoms with van der Waals surface area (Å²) in [5.41, 5.74) is 13.8. The van der Waals surface area contributed by atoms with Gasteiger partial charge in [-0.05, 0) is 70.9 Å². The van der Waals surface area contributed by atoms with Crippen molar-refractivity contribution in [2.75, 3.05) is 12.0 Å². The number of hydrogen-bond donors (Lipinski definition) is 5. The number of hydrogen-bond acceptors (Lipinski definition) is 6. The van der Waals surface area contributed by atoms with Crippen LogP contribution in [0.15, 0.2) is 103 Å². The number of halogens is 3. The highest BCUT2D eigenvalue weighted by Crippen LogP contribution is 2.40. The smallest absolute Gasteiger partial charge is 0.490 e. The molecule has 0 fully saturated rings. The Bertz CT molecular complexity index is 2030. The number of urea groups is 1. The highest BCUT2D eigenvalue weighted by atomic mass is 19.4. The minimum Gasteiger partial charge on any atom is -0.497 e. The average molecular weight is 661 g/mol. The predicted octanol–water partition coefficient (Wildman–Crippen LogP) is 7.14. The molecule has 0 bridgehead atoms. The fourth-order valence-corrected chi connectivity index (χ4v) is 4.60. The molecular weight excluding hydrogens is 633 g/mol. The van der Waals surface area contributed by atoms with Gasteiger partial charge in [0, 0.05) is 17.2 Å². The number of rotatable bonds is 8. The molecule has 246 valence electrons. The standard InChI is InChI=1S/C32H26N4O5.C2HF3O2/c1-40-24-6-4-5-22(17-24)36(32(35)39)23-12-14-29(28(18-23)26-7-2-3-8-27(26)31(37)38)41-25-13-11-19-15-21(30(33)34)10-9-20(19)16-25;3-2(4,5)1(6)7/h2-18H,1H3,(H3,33,34)(H2,35,39)(H,37,38);(H,6,7). The topological polar surface area (TPSA) is 189 Å². The number of ether oxygens (including phenoxy) is 2. The van der Waals surface area contributed by atoms with E-state index in [9.17, 15) is 27.9 Å². The maximum absolute atomic E-state index is 12.7. The van der Waals surface area contributed by atoms with Crippen molar-refractivity contribution in [2.45, 2.75) is 6.18 Å². The average Bonchev–Trinajstić information content (AvgIpc) is 3.05. The van der Waals surface area contributed by atoms with Crippen molar-refractivity contribution in [1.82, 2.24) is 0 Å². The number of fused-ring (bicyclic) bond motifs is 1. The minimum atomic E-state index is -5.08. The minimum absolute atomic E-state index is 0.0204. The zero-order chi connectivity index (χ0) is 35.2. The molecule has 2 amide bonds. The molecule has 0 saturated carbocycles. The molecule has 0 aromatic heterocycles. The molecule has 5 aromatic carbocycles. The summed E-state index contributed by atoms with van der Waals surface area (Å²) in [5, 5.41) is 26.5. The van der Waals surface area contributed by atoms with E-state index in [1.54, 1.807) is 72.8 Å². The second-order valence-electron chi connectivity index (χ2n) is 9.95. The summed E-state index contributed by atoms with van der Waals surface area (Å²) in [6.45, 7) is 0. The van der Waals surface area contributed by atoms with Crippen molar-refractivity contribution in [3.63, 3.8) is 0 Å². The third kappa shape index (κ3) is 7.98. The highest BCUT2D eigenvalue weighted by Gasteiger charge is 2.38. The van der Waals surface area contributed by atoms with Gasteiger partial charge in [-0.2, -0.15) is 13.2 Å². The molecule has 0 aliphatic carbocycles. The normalized spacial score (nSPS) is 10.8. The number of aromatic carboxylic acids is 1. The quantitative estimate of drug-likeness (QED) is 0.0857. The number of nitrogens with one attached hydrogen (secondary N) is 1. The van der Waals surface area contributed by atoms with Crippen LogP contribution in [0, 0.1) is 5.41 Å². The number of nitrogens with zero attached hydrogens (tertiary/aromatic N) is 1. The number of aliphatic carboxylic acids is 1. The number of amides is 2. The number of nitrogen functional groups attached to an aromatic ring is 1. The molecule has 14 heteroatoms. The number of primary amides is 1. The summed E-state index contributed by atoms with van der Waals surface area (Å²) in [6, 6.07) is 28.6. The second-order valence-corrected chi connectivity index (χ2v) is 9.95. The van der Waals surface area contributed by atoms with Crippen molar-refractivity contribution in [1.29, 1.82) is 5.41 Å². The van der Waals surface area contributed by atoms with Gasteiger partial charge in [0.05, 0.1) is 24.0 Å². The van der Waals surface area contributed by atoms with E-state index in [4.69, 9.17) is 36.3 Å². The Morgan fingerprint density at radius 1 is 0.750 bits per heavy atom. The monoisotopic (exact) mass is 660 g/mol. The number of carboxylic acid groups (broad SMARTS) is 2. The molecule has 0 aliphatic rings. The Labute approximate surface area is 270 Å². The molecule has 11 nitrogen and oxygen atoms in total. The van der Waals surface area contributed by atoms with E-state index < -0.39 is 24.1 Å². The lowest BCUT2D eigenvalue weighted by atomic mass is 9.98. The van der Waals surface area contributed by atoms with E-state index in [2.05, 4.69) is 0 Å². The zero-order valence-corrected chi connectivity index (χ0v) is 25.0. The first-order valence-corrected chi connectivity index (χ1v) is 13.8. The lowest BCUT2D eigenvalue weighted by Crippen LogP contribution is -2.31. The molecule has 5 aromatic rings. The van der Waals surface area contributed by atoms with E-state index in [0.29, 0.717) is 45.3 Å². The lowest BCUT2D eigenvalue weighted by Gasteiger charge is -2.23. The molecule has 0 heterocycles. The molecule has 5 rings (SSSR count). The van der Waals surface area contributed by atoms with Gasteiger partial charge in [-0.1, -0.05) is 42.5 Å². The fourth-order valence-electron chi connectivity index (χ4n) is 4.60. The van der Waals surface area contributed by atoms with Crippen LogP contribution in [0.4, 0.5) is 29.3 Å². The van der Waals surface area contributed by atoms with Crippen LogP contribution in [0.25, 0.3) is 21.9 Å². The molecule has 0 radical (unpaired) electrons. The SMILES string of the molecule is COc1cccc(N(C(N)=O)c2ccc(Oc3ccc4cc(C(=N)N)ccc4c3)c(-c3ccccc3C(=O)O)c2)c1.O=C(O)C(F)(F)F. The van der Waals surface area contributed by atoms with Gasteiger partial charge in [0.1, 0.15) is 23.1 Å². The zero-order valence-electron chi connectivity index (χ0n) is 25.0. The molecule has 48 heavy (non-hydrogen) atoms. The molecule has 0 spiro atoms. The van der Waals surface area contributed by atoms with Gasteiger partial charge < -0.3 is 31.2 Å². The van der Waals surface area contributed by atoms with Crippen LogP contribution in [0.2, 0.25) is 0 Å². The maximum atomic E-state index is 12.7. The van der Waals surface area contributed by atoms with E-state index in [1.165, 1.54) is 18.1 Å². The van der Waals surface area contributed by atoms with Gasteiger partial charge >= 0.3 is 24.1 Å². The van der Waals surface area contributed by atoms with Crippen molar-refractivity contribution in [3.05, 3.63) is 114 Å². The lowest BCUT2D eigenvalue weighted by molar-refractivity contribution is -0.192. The summed E-state index contributed by atoms with van der Waals surface area (Å²) in [5.74, 6) is -2.47. The number of carboxylic acids is 2. The Balaban J connectivity index is 0.000000671. The Morgan fingerprint density at radius 3 is 2.02 bits per heavy atom. The fraction of sp³-hybridized carbons (Fsp3) is 0.0588. The summed E-state index contributed by atoms with van der Waals surface area (Å²) in [4.78, 5) is 35.0. The van der Waals surface area contributed by atoms with Crippen molar-refractivity contribution in [2.24, 2.45) is 11.5 Å². The molecule has 0 aliphatic heterocycles. The molecule has 0 unspecified atom stereocenters. The Morgan fingerprint density at radius 2 is 1.40 bits per heavy atom. The van der Waals surface area contributed by atoms with Crippen molar-refractivity contribution >= 4 is 46.0 Å². The van der Waals surface area contributed by atoms with Crippen LogP contribution in [-0.4, -0.2) is 47.3 Å². The van der Waals surface area contributed by atoms with Gasteiger partial charge in [-0.3, -0.25) is 10.3 Å². The number of anilines is 2. The number of amidine groups is 1. The Kier molecular flexibility index (Phi) is 10.2. The van der Waals surface area contributed by atoms with E-state index in [0.717, 1.165) is 10.8 Å². The van der Waals surface area contributed by atoms with Crippen LogP contribution in [0.3, 0.4) is 0 Å². The van der Waals surface area contributed by atoms with Gasteiger partial charge in [0.25, 0.3) is 0 Å². The summed E-state index contributed by atoms with van der Waals surface area (Å²) in [6.07, 6.45) is -5.08. The van der Waals surface area contributed by atoms with E-state index in [1.807, 2.05) is 24.3 Å². The van der Waals surface area contributed by atoms with Crippen LogP contribution in [-0.2, 0) is 4.79 Å². The van der Waals surface area contributed by atoms with Crippen LogP contribution in [0.5, 0.6) is 17.2 Å². The van der Waals surface area contributed by atoms with E-state index in [-0.39, 0.29) is 11.4 Å². The van der Waals surface area contributed by atoms with Gasteiger partial charge in [0.2, 0.25) is 0 Å². The van der Waals surface area contributed by atoms with Crippen LogP contribution < -0.4 is 25.8 Å². The molecular formula is C34H27F3N4O7. The van der Waals surface area contributed by atoms with Crippen molar-refractivity contribution in [3.8, 4) is 28.4 Å². The van der Waals surface area contributed by atoms with Crippen molar-refractivity contribution < 1.29 is 47.2 Å². The Hall–Kier alpha value is -6.57. The molecule has 0 atom stereocenters. The largest absolute Gasteiger partial charge is 0.497 e. The highest BCUT2D eigenvalue weighted by molar-refractivity contribution is 6.02. The number of carbonyl (C=O) groups excluding carboxylic acids is 1. The summed E-state index contributed by atoms with van der Waals surface area (Å²) >= 11 is 0. The number of benzene rings is 5. The first-order valence-electron chi connectivity index (χ1n) is 13.8. The molecule has 0 saturated heterocycles. The third-order valence-corrected chi connectivity index (χ3v) is 6.79. The van der Waals surface area contributed by atoms with Gasteiger partial charge in [-0.25, -0.2) is 14.4 Å². The predicted molar refractivity (Wildman–Crippen MR) is 172 cm³/mol. The van der Waals surface area contributed by atoms with Gasteiger partial charge in [0.15, 0.2) is 0 Å². The first kappa shape index (κ1) is 34.3. The number of alkyl halides is 3. The van der Waals surface area contributed by atoms with Crippen LogP contribution in [0.1, 0.15) is 15.9 Å². The second kappa shape index (κ2) is 14.2.